The lowest BCUT2D eigenvalue weighted by Crippen LogP contribution is -2.35. The molecule has 0 aromatic carbocycles. The summed E-state index contributed by atoms with van der Waals surface area (Å²) in [5.74, 6) is -0.155. The molecule has 0 saturated carbocycles. The van der Waals surface area contributed by atoms with Crippen molar-refractivity contribution in [2.45, 2.75) is 27.2 Å². The average Bonchev–Trinajstić information content (AvgIpc) is 2.33. The summed E-state index contributed by atoms with van der Waals surface area (Å²) < 4.78 is 0. The lowest BCUT2D eigenvalue weighted by molar-refractivity contribution is -0.122. The molecule has 1 aromatic rings. The molecule has 5 heteroatoms. The van der Waals surface area contributed by atoms with Gasteiger partial charge in [0.2, 0.25) is 5.91 Å². The summed E-state index contributed by atoms with van der Waals surface area (Å²) in [6.07, 6.45) is 3.62. The van der Waals surface area contributed by atoms with Crippen LogP contribution < -0.4 is 10.6 Å². The van der Waals surface area contributed by atoms with Crippen molar-refractivity contribution in [3.63, 3.8) is 0 Å². The number of carbonyl (C=O) groups excluding carboxylic acids is 2. The van der Waals surface area contributed by atoms with Gasteiger partial charge in [0.05, 0.1) is 0 Å². The number of aromatic nitrogens is 1. The zero-order valence-electron chi connectivity index (χ0n) is 11.7. The van der Waals surface area contributed by atoms with Crippen LogP contribution >= 0.6 is 0 Å². The summed E-state index contributed by atoms with van der Waals surface area (Å²) in [6, 6.07) is 3.29. The van der Waals surface area contributed by atoms with E-state index in [1.807, 2.05) is 20.8 Å². The zero-order valence-corrected chi connectivity index (χ0v) is 11.7. The molecule has 2 N–H and O–H groups in total. The van der Waals surface area contributed by atoms with E-state index in [1.54, 1.807) is 24.5 Å². The molecule has 5 nitrogen and oxygen atoms in total. The number of carbonyl (C=O) groups is 2. The Morgan fingerprint density at radius 2 is 1.68 bits per heavy atom. The van der Waals surface area contributed by atoms with Crippen LogP contribution in [0.5, 0.6) is 0 Å². The zero-order chi connectivity index (χ0) is 14.3. The van der Waals surface area contributed by atoms with Crippen molar-refractivity contribution in [2.24, 2.45) is 5.41 Å². The van der Waals surface area contributed by atoms with E-state index in [2.05, 4.69) is 15.6 Å². The van der Waals surface area contributed by atoms with E-state index >= 15 is 0 Å². The van der Waals surface area contributed by atoms with Crippen molar-refractivity contribution in [3.8, 4) is 0 Å². The van der Waals surface area contributed by atoms with Crippen molar-refractivity contribution in [1.82, 2.24) is 15.6 Å². The van der Waals surface area contributed by atoms with Gasteiger partial charge in [-0.05, 0) is 17.5 Å². The van der Waals surface area contributed by atoms with Crippen molar-refractivity contribution >= 4 is 11.8 Å². The first-order valence-corrected chi connectivity index (χ1v) is 6.33. The Hall–Kier alpha value is -1.91. The summed E-state index contributed by atoms with van der Waals surface area (Å²) >= 11 is 0. The van der Waals surface area contributed by atoms with Crippen LogP contribution in [0.2, 0.25) is 0 Å². The van der Waals surface area contributed by atoms with Gasteiger partial charge in [-0.3, -0.25) is 14.6 Å². The maximum Gasteiger partial charge on any atom is 0.251 e. The van der Waals surface area contributed by atoms with Crippen LogP contribution in [0.15, 0.2) is 24.5 Å². The van der Waals surface area contributed by atoms with E-state index in [4.69, 9.17) is 0 Å². The Morgan fingerprint density at radius 3 is 2.26 bits per heavy atom. The third-order valence-electron chi connectivity index (χ3n) is 2.37. The average molecular weight is 263 g/mol. The molecule has 2 amide bonds. The van der Waals surface area contributed by atoms with Gasteiger partial charge in [0.1, 0.15) is 0 Å². The van der Waals surface area contributed by atoms with E-state index in [0.717, 1.165) is 0 Å². The summed E-state index contributed by atoms with van der Waals surface area (Å²) in [7, 11) is 0. The molecule has 0 aliphatic rings. The highest BCUT2D eigenvalue weighted by Gasteiger charge is 2.15. The lowest BCUT2D eigenvalue weighted by atomic mass is 9.92. The molecule has 1 heterocycles. The molecule has 0 aliphatic heterocycles. The first-order valence-electron chi connectivity index (χ1n) is 6.33. The number of nitrogens with zero attached hydrogens (tertiary/aromatic N) is 1. The number of amides is 2. The quantitative estimate of drug-likeness (QED) is 0.788. The largest absolute Gasteiger partial charge is 0.354 e. The standard InChI is InChI=1S/C14H21N3O2/c1-14(2,3)10-12(18)16-8-9-17-13(19)11-4-6-15-7-5-11/h4-7H,8-10H2,1-3H3,(H,16,18)(H,17,19). The molecule has 0 radical (unpaired) electrons. The van der Waals surface area contributed by atoms with Crippen LogP contribution in [0.1, 0.15) is 37.6 Å². The molecule has 0 fully saturated rings. The predicted octanol–water partition coefficient (Wildman–Crippen LogP) is 1.36. The van der Waals surface area contributed by atoms with Crippen molar-refractivity contribution in [3.05, 3.63) is 30.1 Å². The first-order chi connectivity index (χ1) is 8.88. The third kappa shape index (κ3) is 6.55. The van der Waals surface area contributed by atoms with Gasteiger partial charge >= 0.3 is 0 Å². The predicted molar refractivity (Wildman–Crippen MR) is 73.7 cm³/mol. The van der Waals surface area contributed by atoms with Gasteiger partial charge in [-0.15, -0.1) is 0 Å². The van der Waals surface area contributed by atoms with Crippen molar-refractivity contribution in [1.29, 1.82) is 0 Å². The number of hydrogen-bond acceptors (Lipinski definition) is 3. The Balaban J connectivity index is 2.21. The van der Waals surface area contributed by atoms with E-state index in [-0.39, 0.29) is 17.2 Å². The first kappa shape index (κ1) is 15.1. The number of hydrogen-bond donors (Lipinski definition) is 2. The number of nitrogens with one attached hydrogen (secondary N) is 2. The Bertz CT molecular complexity index is 424. The van der Waals surface area contributed by atoms with Gasteiger partial charge in [-0.1, -0.05) is 20.8 Å². The molecule has 0 atom stereocenters. The fraction of sp³-hybridized carbons (Fsp3) is 0.500. The monoisotopic (exact) mass is 263 g/mol. The maximum atomic E-state index is 11.7. The van der Waals surface area contributed by atoms with Crippen molar-refractivity contribution < 1.29 is 9.59 Å². The van der Waals surface area contributed by atoms with E-state index in [1.165, 1.54) is 0 Å². The van der Waals surface area contributed by atoms with Gasteiger partial charge in [-0.25, -0.2) is 0 Å². The van der Waals surface area contributed by atoms with Crippen LogP contribution in [0, 0.1) is 5.41 Å². The third-order valence-corrected chi connectivity index (χ3v) is 2.37. The Kier molecular flexibility index (Phi) is 5.48. The van der Waals surface area contributed by atoms with Crippen LogP contribution in [-0.4, -0.2) is 29.9 Å². The fourth-order valence-electron chi connectivity index (χ4n) is 1.53. The van der Waals surface area contributed by atoms with E-state index < -0.39 is 0 Å². The van der Waals surface area contributed by atoms with Crippen LogP contribution in [0.4, 0.5) is 0 Å². The van der Waals surface area contributed by atoms with Crippen LogP contribution in [0.25, 0.3) is 0 Å². The molecule has 0 unspecified atom stereocenters. The molecule has 19 heavy (non-hydrogen) atoms. The topological polar surface area (TPSA) is 71.1 Å². The molecule has 0 spiro atoms. The molecule has 0 aliphatic carbocycles. The van der Waals surface area contributed by atoms with Gasteiger partial charge < -0.3 is 10.6 Å². The second kappa shape index (κ2) is 6.87. The SMILES string of the molecule is CC(C)(C)CC(=O)NCCNC(=O)c1ccncc1. The molecule has 104 valence electrons. The molecule has 1 rings (SSSR count). The smallest absolute Gasteiger partial charge is 0.251 e. The maximum absolute atomic E-state index is 11.7. The molecule has 1 aromatic heterocycles. The minimum Gasteiger partial charge on any atom is -0.354 e. The fourth-order valence-corrected chi connectivity index (χ4v) is 1.53. The van der Waals surface area contributed by atoms with Crippen molar-refractivity contribution in [2.75, 3.05) is 13.1 Å². The Morgan fingerprint density at radius 1 is 1.11 bits per heavy atom. The lowest BCUT2D eigenvalue weighted by Gasteiger charge is -2.17. The summed E-state index contributed by atoms with van der Waals surface area (Å²) in [5, 5.41) is 5.52. The van der Waals surface area contributed by atoms with Gasteiger partial charge in [0, 0.05) is 37.5 Å². The minimum atomic E-state index is -0.160. The summed E-state index contributed by atoms with van der Waals surface area (Å²) in [6.45, 7) is 6.89. The van der Waals surface area contributed by atoms with Crippen LogP contribution in [-0.2, 0) is 4.79 Å². The van der Waals surface area contributed by atoms with Gasteiger partial charge in [0.15, 0.2) is 0 Å². The highest BCUT2D eigenvalue weighted by atomic mass is 16.2. The summed E-state index contributed by atoms with van der Waals surface area (Å²) in [4.78, 5) is 27.1. The van der Waals surface area contributed by atoms with Gasteiger partial charge in [0.25, 0.3) is 5.91 Å². The van der Waals surface area contributed by atoms with E-state index in [0.29, 0.717) is 25.1 Å². The summed E-state index contributed by atoms with van der Waals surface area (Å²) in [5.41, 5.74) is 0.542. The highest BCUT2D eigenvalue weighted by molar-refractivity contribution is 5.93. The second-order valence-electron chi connectivity index (χ2n) is 5.58. The van der Waals surface area contributed by atoms with Gasteiger partial charge in [-0.2, -0.15) is 0 Å². The highest BCUT2D eigenvalue weighted by Crippen LogP contribution is 2.17. The molecular weight excluding hydrogens is 242 g/mol. The second-order valence-corrected chi connectivity index (χ2v) is 5.58. The normalized spacial score (nSPS) is 10.9. The molecule has 0 bridgehead atoms. The van der Waals surface area contributed by atoms with E-state index in [9.17, 15) is 9.59 Å². The Labute approximate surface area is 113 Å². The number of rotatable bonds is 5. The van der Waals surface area contributed by atoms with Crippen LogP contribution in [0.3, 0.4) is 0 Å². The molecule has 0 saturated heterocycles. The minimum absolute atomic E-state index is 0.00524. The molecular formula is C14H21N3O2. The number of pyridine rings is 1.